The fraction of sp³-hybridized carbons (Fsp3) is 0.323. The van der Waals surface area contributed by atoms with Crippen molar-refractivity contribution in [2.24, 2.45) is 0 Å². The molecular formula is C31H35F3N8O2. The lowest BCUT2D eigenvalue weighted by Gasteiger charge is -2.28. The van der Waals surface area contributed by atoms with Crippen LogP contribution in [0.5, 0.6) is 0 Å². The number of carbonyl (C=O) groups excluding carboxylic acids is 2. The van der Waals surface area contributed by atoms with E-state index in [1.807, 2.05) is 30.9 Å². The van der Waals surface area contributed by atoms with Crippen LogP contribution in [0.15, 0.2) is 54.9 Å². The van der Waals surface area contributed by atoms with Crippen molar-refractivity contribution in [2.75, 3.05) is 43.9 Å². The van der Waals surface area contributed by atoms with Crippen LogP contribution in [0.3, 0.4) is 0 Å². The normalized spacial score (nSPS) is 12.9. The van der Waals surface area contributed by atoms with E-state index in [9.17, 15) is 22.8 Å². The zero-order chi connectivity index (χ0) is 32.1. The Morgan fingerprint density at radius 1 is 1.05 bits per heavy atom. The molecule has 1 aromatic carbocycles. The first-order valence-corrected chi connectivity index (χ1v) is 14.0. The van der Waals surface area contributed by atoms with Gasteiger partial charge in [0.15, 0.2) is 11.5 Å². The molecule has 44 heavy (non-hydrogen) atoms. The van der Waals surface area contributed by atoms with E-state index in [4.69, 9.17) is 0 Å². The molecule has 5 rings (SSSR count). The zero-order valence-corrected chi connectivity index (χ0v) is 25.0. The smallest absolute Gasteiger partial charge is 0.373 e. The summed E-state index contributed by atoms with van der Waals surface area (Å²) in [7, 11) is 1.80. The molecule has 0 bridgehead atoms. The third kappa shape index (κ3) is 9.62. The van der Waals surface area contributed by atoms with E-state index < -0.39 is 11.7 Å². The maximum atomic E-state index is 13.0. The molecule has 0 atom stereocenters. The van der Waals surface area contributed by atoms with E-state index in [2.05, 4.69) is 42.9 Å². The molecule has 4 aromatic rings. The van der Waals surface area contributed by atoms with Crippen LogP contribution in [0.1, 0.15) is 53.5 Å². The van der Waals surface area contributed by atoms with Gasteiger partial charge in [-0.25, -0.2) is 14.5 Å². The summed E-state index contributed by atoms with van der Waals surface area (Å²) in [5.74, 6) is 7.11. The third-order valence-electron chi connectivity index (χ3n) is 6.20. The second-order valence-corrected chi connectivity index (χ2v) is 9.30. The number of hydrogen-bond acceptors (Lipinski definition) is 8. The Balaban J connectivity index is 0.000000232. The van der Waals surface area contributed by atoms with Crippen LogP contribution in [-0.2, 0) is 17.5 Å². The lowest BCUT2D eigenvalue weighted by Crippen LogP contribution is -2.43. The first kappa shape index (κ1) is 33.7. The van der Waals surface area contributed by atoms with E-state index in [0.29, 0.717) is 23.4 Å². The van der Waals surface area contributed by atoms with E-state index in [0.717, 1.165) is 43.6 Å². The molecule has 0 spiro atoms. The molecule has 0 unspecified atom stereocenters. The highest BCUT2D eigenvalue weighted by Crippen LogP contribution is 2.33. The highest BCUT2D eigenvalue weighted by atomic mass is 19.4. The van der Waals surface area contributed by atoms with Gasteiger partial charge in [0.2, 0.25) is 5.91 Å². The van der Waals surface area contributed by atoms with Gasteiger partial charge in [-0.3, -0.25) is 14.5 Å². The van der Waals surface area contributed by atoms with Gasteiger partial charge in [0.1, 0.15) is 17.8 Å². The number of aromatic nitrogens is 4. The maximum Gasteiger partial charge on any atom is 0.416 e. The van der Waals surface area contributed by atoms with Crippen LogP contribution in [0, 0.1) is 11.8 Å². The number of nitrogens with one attached hydrogen (secondary N) is 3. The lowest BCUT2D eigenvalue weighted by molar-refractivity contribution is -0.138. The van der Waals surface area contributed by atoms with Gasteiger partial charge in [-0.2, -0.15) is 13.2 Å². The molecule has 3 N–H and O–H groups in total. The van der Waals surface area contributed by atoms with Crippen molar-refractivity contribution in [1.29, 1.82) is 0 Å². The fourth-order valence-electron chi connectivity index (χ4n) is 4.17. The molecule has 232 valence electrons. The van der Waals surface area contributed by atoms with Gasteiger partial charge in [0, 0.05) is 64.0 Å². The van der Waals surface area contributed by atoms with Crippen molar-refractivity contribution in [3.8, 4) is 11.8 Å². The quantitative estimate of drug-likeness (QED) is 0.225. The number of fused-ring (bicyclic) bond motifs is 1. The molecule has 3 aromatic heterocycles. The Morgan fingerprint density at radius 3 is 2.45 bits per heavy atom. The topological polar surface area (TPSA) is 117 Å². The number of pyridine rings is 1. The molecule has 1 fully saturated rings. The Hall–Kier alpha value is -4.80. The standard InChI is InChI=1S/C16H14N6O.C13H15F3N2O.C2H6/c1-11(23)20-14-5-6-16-19-10-13(22(16)21-14)4-3-12-7-8-18-15(9-12)17-2;14-13(15,16)12-7-10(9-19)1-2-11(12)8-18-5-3-17-4-6-18;1-2/h5-10H,1-2H3,(H,17,18)(H,20,21,23);1-2,7,9,17H,3-6,8H2;1-2H3. The van der Waals surface area contributed by atoms with E-state index >= 15 is 0 Å². The minimum absolute atomic E-state index is 0.0522. The number of anilines is 2. The minimum Gasteiger partial charge on any atom is -0.373 e. The number of amides is 1. The van der Waals surface area contributed by atoms with Crippen LogP contribution >= 0.6 is 0 Å². The first-order chi connectivity index (χ1) is 21.2. The molecule has 4 heterocycles. The predicted molar refractivity (Wildman–Crippen MR) is 163 cm³/mol. The van der Waals surface area contributed by atoms with Gasteiger partial charge in [-0.1, -0.05) is 31.9 Å². The predicted octanol–water partition coefficient (Wildman–Crippen LogP) is 4.47. The Kier molecular flexibility index (Phi) is 12.4. The average molecular weight is 609 g/mol. The zero-order valence-electron chi connectivity index (χ0n) is 25.0. The van der Waals surface area contributed by atoms with Crippen molar-refractivity contribution in [3.05, 3.63) is 82.8 Å². The second kappa shape index (κ2) is 16.2. The molecule has 1 amide bonds. The van der Waals surface area contributed by atoms with E-state index in [-0.39, 0.29) is 23.6 Å². The van der Waals surface area contributed by atoms with Gasteiger partial charge in [-0.05, 0) is 41.8 Å². The van der Waals surface area contributed by atoms with Crippen molar-refractivity contribution >= 4 is 29.5 Å². The number of aldehydes is 1. The number of rotatable bonds is 5. The summed E-state index contributed by atoms with van der Waals surface area (Å²) in [5.41, 5.74) is 1.69. The number of nitrogens with zero attached hydrogens (tertiary/aromatic N) is 5. The van der Waals surface area contributed by atoms with Gasteiger partial charge < -0.3 is 16.0 Å². The van der Waals surface area contributed by atoms with E-state index in [1.165, 1.54) is 19.1 Å². The van der Waals surface area contributed by atoms with Gasteiger partial charge in [-0.15, -0.1) is 5.10 Å². The number of benzene rings is 1. The van der Waals surface area contributed by atoms with Crippen LogP contribution < -0.4 is 16.0 Å². The second-order valence-electron chi connectivity index (χ2n) is 9.30. The summed E-state index contributed by atoms with van der Waals surface area (Å²) in [4.78, 5) is 32.1. The lowest BCUT2D eigenvalue weighted by atomic mass is 10.0. The SMILES string of the molecule is CC.CNc1cc(C#Cc2cnc3ccc(NC(C)=O)nn23)ccn1.O=Cc1ccc(CN2CCNCC2)c(C(F)(F)F)c1. The Labute approximate surface area is 254 Å². The van der Waals surface area contributed by atoms with Crippen LogP contribution in [0.4, 0.5) is 24.8 Å². The fourth-order valence-corrected chi connectivity index (χ4v) is 4.17. The summed E-state index contributed by atoms with van der Waals surface area (Å²) in [6.45, 7) is 8.72. The number of imidazole rings is 1. The number of alkyl halides is 3. The molecule has 0 aliphatic carbocycles. The highest BCUT2D eigenvalue weighted by molar-refractivity contribution is 5.87. The molecular weight excluding hydrogens is 573 g/mol. The molecule has 13 heteroatoms. The molecule has 1 aliphatic rings. The van der Waals surface area contributed by atoms with Crippen molar-refractivity contribution < 1.29 is 22.8 Å². The van der Waals surface area contributed by atoms with Crippen molar-refractivity contribution in [3.63, 3.8) is 0 Å². The molecule has 0 radical (unpaired) electrons. The van der Waals surface area contributed by atoms with Gasteiger partial charge in [0.25, 0.3) is 0 Å². The Bertz CT molecular complexity index is 1620. The number of carbonyl (C=O) groups is 2. The Morgan fingerprint density at radius 2 is 1.80 bits per heavy atom. The number of halogens is 3. The molecule has 10 nitrogen and oxygen atoms in total. The summed E-state index contributed by atoms with van der Waals surface area (Å²) in [5, 5.41) is 13.1. The molecule has 1 saturated heterocycles. The maximum absolute atomic E-state index is 13.0. The van der Waals surface area contributed by atoms with E-state index in [1.54, 1.807) is 36.1 Å². The summed E-state index contributed by atoms with van der Waals surface area (Å²) in [6, 6.07) is 10.9. The first-order valence-electron chi connectivity index (χ1n) is 14.0. The number of hydrogen-bond donors (Lipinski definition) is 3. The van der Waals surface area contributed by atoms with Crippen LogP contribution in [0.2, 0.25) is 0 Å². The summed E-state index contributed by atoms with van der Waals surface area (Å²) < 4.78 is 40.5. The monoisotopic (exact) mass is 608 g/mol. The van der Waals surface area contributed by atoms with Crippen molar-refractivity contribution in [2.45, 2.75) is 33.5 Å². The van der Waals surface area contributed by atoms with Crippen LogP contribution in [0.25, 0.3) is 5.65 Å². The minimum atomic E-state index is -4.43. The number of piperazine rings is 1. The highest BCUT2D eigenvalue weighted by Gasteiger charge is 2.34. The van der Waals surface area contributed by atoms with Crippen LogP contribution in [-0.4, -0.2) is 69.9 Å². The van der Waals surface area contributed by atoms with Crippen molar-refractivity contribution in [1.82, 2.24) is 29.8 Å². The molecule has 0 saturated carbocycles. The summed E-state index contributed by atoms with van der Waals surface area (Å²) in [6.07, 6.45) is -0.656. The largest absolute Gasteiger partial charge is 0.416 e. The summed E-state index contributed by atoms with van der Waals surface area (Å²) >= 11 is 0. The third-order valence-corrected chi connectivity index (χ3v) is 6.20. The van der Waals surface area contributed by atoms with Gasteiger partial charge in [0.05, 0.1) is 11.8 Å². The molecule has 1 aliphatic heterocycles. The van der Waals surface area contributed by atoms with Gasteiger partial charge >= 0.3 is 6.18 Å². The average Bonchev–Trinajstić information content (AvgIpc) is 3.43.